The molecule has 1 amide bonds. The van der Waals surface area contributed by atoms with Crippen LogP contribution in [0.25, 0.3) is 5.52 Å². The first kappa shape index (κ1) is 24.6. The summed E-state index contributed by atoms with van der Waals surface area (Å²) in [7, 11) is 0. The van der Waals surface area contributed by atoms with Crippen LogP contribution in [0.1, 0.15) is 38.8 Å². The molecule has 0 unspecified atom stereocenters. The molecule has 0 aliphatic carbocycles. The lowest BCUT2D eigenvalue weighted by Gasteiger charge is -2.30. The molecular formula is C21H29N5O7. The van der Waals surface area contributed by atoms with Crippen LogP contribution in [0, 0.1) is 0 Å². The van der Waals surface area contributed by atoms with Gasteiger partial charge in [0.2, 0.25) is 0 Å². The molecule has 0 saturated carbocycles. The summed E-state index contributed by atoms with van der Waals surface area (Å²) in [6, 6.07) is 3.26. The Hall–Kier alpha value is -3.09. The average Bonchev–Trinajstić information content (AvgIpc) is 3.33. The molecule has 0 aromatic carbocycles. The van der Waals surface area contributed by atoms with E-state index in [9.17, 15) is 19.8 Å². The third-order valence-electron chi connectivity index (χ3n) is 5.43. The Morgan fingerprint density at radius 3 is 2.85 bits per heavy atom. The summed E-state index contributed by atoms with van der Waals surface area (Å²) >= 11 is 0. The number of aromatic nitrogens is 3. The number of aliphatic hydroxyl groups is 2. The van der Waals surface area contributed by atoms with Gasteiger partial charge in [-0.15, -0.1) is 0 Å². The number of aliphatic imine (C=N–C) groups is 1. The maximum absolute atomic E-state index is 12.2. The number of ether oxygens (including phenoxy) is 3. The van der Waals surface area contributed by atoms with Gasteiger partial charge in [-0.1, -0.05) is 19.8 Å². The van der Waals surface area contributed by atoms with Crippen LogP contribution in [-0.2, 0) is 24.6 Å². The van der Waals surface area contributed by atoms with Gasteiger partial charge in [0.15, 0.2) is 17.5 Å². The van der Waals surface area contributed by atoms with Gasteiger partial charge < -0.3 is 24.4 Å². The molecule has 12 heteroatoms. The maximum atomic E-state index is 12.2. The van der Waals surface area contributed by atoms with E-state index in [1.807, 2.05) is 0 Å². The number of anilines is 1. The van der Waals surface area contributed by atoms with Crippen LogP contribution >= 0.6 is 0 Å². The van der Waals surface area contributed by atoms with Gasteiger partial charge in [0.1, 0.15) is 24.1 Å². The van der Waals surface area contributed by atoms with Crippen molar-refractivity contribution in [3.8, 4) is 0 Å². The molecular weight excluding hydrogens is 434 g/mol. The van der Waals surface area contributed by atoms with Crippen LogP contribution in [0.3, 0.4) is 0 Å². The minimum Gasteiger partial charge on any atom is -0.457 e. The third-order valence-corrected chi connectivity index (χ3v) is 5.43. The van der Waals surface area contributed by atoms with Crippen molar-refractivity contribution >= 4 is 30.1 Å². The molecule has 4 atom stereocenters. The van der Waals surface area contributed by atoms with Crippen LogP contribution in [0.2, 0.25) is 0 Å². The summed E-state index contributed by atoms with van der Waals surface area (Å²) in [5, 5.41) is 27.7. The molecule has 0 radical (unpaired) electrons. The second-order valence-corrected chi connectivity index (χ2v) is 7.72. The fourth-order valence-electron chi connectivity index (χ4n) is 3.94. The number of carbonyl (C=O) groups is 2. The van der Waals surface area contributed by atoms with E-state index in [0.717, 1.165) is 19.3 Å². The number of esters is 1. The molecule has 3 rings (SSSR count). The number of nitrogens with one attached hydrogen (secondary N) is 1. The van der Waals surface area contributed by atoms with E-state index in [1.54, 1.807) is 12.1 Å². The highest BCUT2D eigenvalue weighted by atomic mass is 16.6. The number of hydrogen-bond donors (Lipinski definition) is 3. The number of carbonyl (C=O) groups excluding carboxylic acids is 2. The molecule has 0 spiro atoms. The summed E-state index contributed by atoms with van der Waals surface area (Å²) in [4.78, 5) is 31.7. The fourth-order valence-corrected chi connectivity index (χ4v) is 3.94. The summed E-state index contributed by atoms with van der Waals surface area (Å²) in [5.41, 5.74) is -0.755. The van der Waals surface area contributed by atoms with Gasteiger partial charge in [-0.05, 0) is 25.3 Å². The molecule has 180 valence electrons. The van der Waals surface area contributed by atoms with Crippen molar-refractivity contribution in [1.82, 2.24) is 14.6 Å². The van der Waals surface area contributed by atoms with Gasteiger partial charge in [0.25, 0.3) is 0 Å². The monoisotopic (exact) mass is 463 g/mol. The highest BCUT2D eigenvalue weighted by Crippen LogP contribution is 2.42. The smallest absolute Gasteiger partial charge is 0.412 e. The number of nitrogens with zero attached hydrogens (tertiary/aromatic N) is 4. The third kappa shape index (κ3) is 4.97. The second-order valence-electron chi connectivity index (χ2n) is 7.72. The summed E-state index contributed by atoms with van der Waals surface area (Å²) < 4.78 is 17.8. The van der Waals surface area contributed by atoms with E-state index in [2.05, 4.69) is 34.0 Å². The number of amides is 1. The lowest BCUT2D eigenvalue weighted by molar-refractivity contribution is -0.153. The summed E-state index contributed by atoms with van der Waals surface area (Å²) in [5.74, 6) is -0.434. The Bertz CT molecular complexity index is 997. The quantitative estimate of drug-likeness (QED) is 0.266. The number of unbranched alkanes of at least 4 members (excludes halogenated alkanes) is 2. The Kier molecular flexibility index (Phi) is 7.95. The molecule has 12 nitrogen and oxygen atoms in total. The van der Waals surface area contributed by atoms with Crippen LogP contribution in [-0.4, -0.2) is 81.7 Å². The van der Waals surface area contributed by atoms with Gasteiger partial charge in [-0.2, -0.15) is 5.10 Å². The van der Waals surface area contributed by atoms with E-state index in [-0.39, 0.29) is 12.4 Å². The van der Waals surface area contributed by atoms with Crippen LogP contribution < -0.4 is 5.32 Å². The average molecular weight is 463 g/mol. The predicted molar refractivity (Wildman–Crippen MR) is 117 cm³/mol. The van der Waals surface area contributed by atoms with Crippen molar-refractivity contribution in [1.29, 1.82) is 0 Å². The lowest BCUT2D eigenvalue weighted by atomic mass is 9.91. The zero-order valence-electron chi connectivity index (χ0n) is 18.6. The standard InChI is InChI=1S/C21H29N5O7/c1-4-5-6-9-31-20(30)25-19-14-7-8-16(26(14)24-12-23-19)21(11-22-3)18(29)17(32-13(2)28)15(10-27)33-21/h7-8,12,15,17-18,27,29H,3-6,9-11H2,1-2H3,(H,23,24,25,30)/t15-,17-,18-,21+/m1/s1. The van der Waals surface area contributed by atoms with Crippen molar-refractivity contribution in [2.45, 2.75) is 57.0 Å². The molecule has 3 N–H and O–H groups in total. The Balaban J connectivity index is 1.93. The molecule has 3 heterocycles. The van der Waals surface area contributed by atoms with Crippen molar-refractivity contribution in [2.75, 3.05) is 25.1 Å². The van der Waals surface area contributed by atoms with Crippen LogP contribution in [0.5, 0.6) is 0 Å². The zero-order chi connectivity index (χ0) is 24.0. The number of hydrogen-bond acceptors (Lipinski definition) is 10. The maximum Gasteiger partial charge on any atom is 0.412 e. The number of fused-ring (bicyclic) bond motifs is 1. The minimum absolute atomic E-state index is 0.110. The number of aliphatic hydroxyl groups excluding tert-OH is 2. The molecule has 1 fully saturated rings. The minimum atomic E-state index is -1.52. The topological polar surface area (TPSA) is 157 Å². The lowest BCUT2D eigenvalue weighted by Crippen LogP contribution is -2.45. The van der Waals surface area contributed by atoms with Crippen LogP contribution in [0.4, 0.5) is 10.6 Å². The molecule has 1 aliphatic heterocycles. The SMILES string of the molecule is C=NC[C@@]1(c2ccc3c(NC(=O)OCCCCC)ncnn23)O[C@H](CO)[C@@H](OC(C)=O)[C@H]1O. The van der Waals surface area contributed by atoms with E-state index < -0.39 is 42.6 Å². The molecule has 0 bridgehead atoms. The van der Waals surface area contributed by atoms with Gasteiger partial charge >= 0.3 is 12.1 Å². The summed E-state index contributed by atoms with van der Waals surface area (Å²) in [6.45, 7) is 6.44. The van der Waals surface area contributed by atoms with Gasteiger partial charge in [-0.25, -0.2) is 14.3 Å². The van der Waals surface area contributed by atoms with Crippen molar-refractivity contribution < 1.29 is 34.0 Å². The van der Waals surface area contributed by atoms with Crippen molar-refractivity contribution in [3.63, 3.8) is 0 Å². The molecule has 1 saturated heterocycles. The number of rotatable bonds is 10. The van der Waals surface area contributed by atoms with E-state index in [4.69, 9.17) is 14.2 Å². The van der Waals surface area contributed by atoms with E-state index in [0.29, 0.717) is 17.8 Å². The predicted octanol–water partition coefficient (Wildman–Crippen LogP) is 1.05. The molecule has 33 heavy (non-hydrogen) atoms. The first-order valence-electron chi connectivity index (χ1n) is 10.7. The van der Waals surface area contributed by atoms with Crippen LogP contribution in [0.15, 0.2) is 23.5 Å². The Morgan fingerprint density at radius 1 is 1.39 bits per heavy atom. The highest BCUT2D eigenvalue weighted by Gasteiger charge is 2.58. The fraction of sp³-hybridized carbons (Fsp3) is 0.571. The van der Waals surface area contributed by atoms with Crippen molar-refractivity contribution in [2.24, 2.45) is 4.99 Å². The summed E-state index contributed by atoms with van der Waals surface area (Å²) in [6.07, 6.45) is -0.188. The first-order valence-corrected chi connectivity index (χ1v) is 10.7. The van der Waals surface area contributed by atoms with E-state index >= 15 is 0 Å². The molecule has 1 aliphatic rings. The Labute approximate surface area is 190 Å². The Morgan fingerprint density at radius 2 is 2.18 bits per heavy atom. The van der Waals surface area contributed by atoms with Gasteiger partial charge in [-0.3, -0.25) is 15.1 Å². The van der Waals surface area contributed by atoms with Gasteiger partial charge in [0, 0.05) is 6.92 Å². The largest absolute Gasteiger partial charge is 0.457 e. The first-order chi connectivity index (χ1) is 15.9. The van der Waals surface area contributed by atoms with Gasteiger partial charge in [0.05, 0.1) is 25.5 Å². The van der Waals surface area contributed by atoms with Crippen molar-refractivity contribution in [3.05, 3.63) is 24.2 Å². The van der Waals surface area contributed by atoms with E-state index in [1.165, 1.54) is 17.8 Å². The second kappa shape index (κ2) is 10.7. The molecule has 2 aromatic rings. The molecule has 2 aromatic heterocycles. The highest BCUT2D eigenvalue weighted by molar-refractivity contribution is 5.88. The normalized spacial score (nSPS) is 24.5. The zero-order valence-corrected chi connectivity index (χ0v) is 18.6.